The lowest BCUT2D eigenvalue weighted by molar-refractivity contribution is -0.117. The van der Waals surface area contributed by atoms with Gasteiger partial charge < -0.3 is 10.1 Å². The third-order valence-electron chi connectivity index (χ3n) is 5.29. The highest BCUT2D eigenvalue weighted by Crippen LogP contribution is 2.31. The number of nitrogens with zero attached hydrogens (tertiary/aromatic N) is 3. The number of methoxy groups -OCH3 is 1. The molecule has 1 fully saturated rings. The molecule has 9 heteroatoms. The molecule has 8 nitrogen and oxygen atoms in total. The van der Waals surface area contributed by atoms with E-state index in [4.69, 9.17) is 10.00 Å². The summed E-state index contributed by atoms with van der Waals surface area (Å²) in [5.41, 5.74) is 1.36. The maximum atomic E-state index is 13.2. The zero-order chi connectivity index (χ0) is 23.0. The van der Waals surface area contributed by atoms with Gasteiger partial charge in [-0.3, -0.25) is 9.69 Å². The Hall–Kier alpha value is -2.93. The van der Waals surface area contributed by atoms with E-state index in [0.29, 0.717) is 25.3 Å². The Morgan fingerprint density at radius 1 is 1.16 bits per heavy atom. The van der Waals surface area contributed by atoms with Crippen LogP contribution in [0.5, 0.6) is 5.75 Å². The number of nitriles is 1. The van der Waals surface area contributed by atoms with Crippen LogP contribution < -0.4 is 10.1 Å². The molecule has 0 spiro atoms. The summed E-state index contributed by atoms with van der Waals surface area (Å²) in [6, 6.07) is 16.3. The first-order valence-electron chi connectivity index (χ1n) is 10.6. The number of carbonyl (C=O) groups is 1. The molecule has 1 heterocycles. The monoisotopic (exact) mass is 456 g/mol. The van der Waals surface area contributed by atoms with Crippen molar-refractivity contribution in [3.05, 3.63) is 54.1 Å². The molecule has 3 rings (SSSR count). The smallest absolute Gasteiger partial charge is 0.246 e. The predicted molar refractivity (Wildman–Crippen MR) is 122 cm³/mol. The normalized spacial score (nSPS) is 14.7. The number of nitrogens with one attached hydrogen (secondary N) is 1. The van der Waals surface area contributed by atoms with Crippen LogP contribution in [0.25, 0.3) is 0 Å². The van der Waals surface area contributed by atoms with Gasteiger partial charge in [0, 0.05) is 25.3 Å². The molecule has 1 saturated heterocycles. The minimum absolute atomic E-state index is 0.00267. The summed E-state index contributed by atoms with van der Waals surface area (Å²) in [7, 11) is -2.31. The predicted octanol–water partition coefficient (Wildman–Crippen LogP) is 2.83. The Labute approximate surface area is 189 Å². The van der Waals surface area contributed by atoms with E-state index in [0.717, 1.165) is 24.8 Å². The number of carbonyl (C=O) groups excluding carboxylic acids is 1. The Kier molecular flexibility index (Phi) is 8.22. The van der Waals surface area contributed by atoms with Gasteiger partial charge in [0.25, 0.3) is 0 Å². The number of amides is 1. The minimum Gasteiger partial charge on any atom is -0.495 e. The van der Waals surface area contributed by atoms with Gasteiger partial charge in [-0.15, -0.1) is 0 Å². The first-order chi connectivity index (χ1) is 15.4. The second kappa shape index (κ2) is 11.1. The molecule has 0 saturated carbocycles. The Morgan fingerprint density at radius 3 is 2.53 bits per heavy atom. The number of hydrogen-bond acceptors (Lipinski definition) is 6. The lowest BCUT2D eigenvalue weighted by Gasteiger charge is -2.26. The van der Waals surface area contributed by atoms with E-state index in [-0.39, 0.29) is 29.6 Å². The Bertz CT molecular complexity index is 1060. The molecule has 1 aliphatic rings. The van der Waals surface area contributed by atoms with E-state index >= 15 is 0 Å². The van der Waals surface area contributed by atoms with Crippen LogP contribution in [0.3, 0.4) is 0 Å². The molecule has 0 aromatic heterocycles. The van der Waals surface area contributed by atoms with Gasteiger partial charge in [0.05, 0.1) is 26.3 Å². The number of anilines is 1. The van der Waals surface area contributed by atoms with Crippen molar-refractivity contribution >= 4 is 21.6 Å². The fourth-order valence-electron chi connectivity index (χ4n) is 3.71. The summed E-state index contributed by atoms with van der Waals surface area (Å²) < 4.78 is 33.1. The lowest BCUT2D eigenvalue weighted by atomic mass is 10.2. The molecule has 1 amide bonds. The van der Waals surface area contributed by atoms with Crippen LogP contribution >= 0.6 is 0 Å². The number of hydrogen-bond donors (Lipinski definition) is 1. The first kappa shape index (κ1) is 23.7. The summed E-state index contributed by atoms with van der Waals surface area (Å²) in [5.74, 6) is -0.0913. The molecule has 0 radical (unpaired) electrons. The maximum absolute atomic E-state index is 13.2. The fourth-order valence-corrected chi connectivity index (χ4v) is 5.41. The van der Waals surface area contributed by atoms with E-state index in [9.17, 15) is 13.2 Å². The molecule has 2 aromatic rings. The van der Waals surface area contributed by atoms with E-state index in [2.05, 4.69) is 11.4 Å². The number of piperidine rings is 1. The van der Waals surface area contributed by atoms with Crippen LogP contribution in [0.15, 0.2) is 53.4 Å². The first-order valence-corrected chi connectivity index (χ1v) is 12.0. The van der Waals surface area contributed by atoms with E-state index < -0.39 is 10.0 Å². The molecule has 0 unspecified atom stereocenters. The highest BCUT2D eigenvalue weighted by Gasteiger charge is 2.29. The van der Waals surface area contributed by atoms with Crippen molar-refractivity contribution in [3.63, 3.8) is 0 Å². The highest BCUT2D eigenvalue weighted by atomic mass is 32.2. The van der Waals surface area contributed by atoms with Gasteiger partial charge in [-0.05, 0) is 36.6 Å². The molecular formula is C23H28N4O4S. The van der Waals surface area contributed by atoms with Crippen LogP contribution in [-0.2, 0) is 21.4 Å². The zero-order valence-corrected chi connectivity index (χ0v) is 19.0. The van der Waals surface area contributed by atoms with Crippen LogP contribution in [0.2, 0.25) is 0 Å². The van der Waals surface area contributed by atoms with E-state index in [1.165, 1.54) is 17.5 Å². The quantitative estimate of drug-likeness (QED) is 0.582. The van der Waals surface area contributed by atoms with Gasteiger partial charge in [0.2, 0.25) is 15.9 Å². The van der Waals surface area contributed by atoms with E-state index in [1.807, 2.05) is 30.3 Å². The molecule has 32 heavy (non-hydrogen) atoms. The SMILES string of the molecule is COc1ccc(NC(=O)CN(CC#N)Cc2ccccc2)cc1S(=O)(=O)N1CCCCC1. The van der Waals surface area contributed by atoms with Gasteiger partial charge in [0.15, 0.2) is 0 Å². The Morgan fingerprint density at radius 2 is 1.88 bits per heavy atom. The standard InChI is InChI=1S/C23H28N4O4S/c1-31-21-11-10-20(16-22(21)32(29,30)27-13-6-3-7-14-27)25-23(28)18-26(15-12-24)17-19-8-4-2-5-9-19/h2,4-5,8-11,16H,3,6-7,13-15,17-18H2,1H3,(H,25,28). The summed E-state index contributed by atoms with van der Waals surface area (Å²) in [6.45, 7) is 1.51. The second-order valence-corrected chi connectivity index (χ2v) is 9.57. The Balaban J connectivity index is 1.74. The van der Waals surface area contributed by atoms with Crippen molar-refractivity contribution in [1.29, 1.82) is 5.26 Å². The number of benzene rings is 2. The average Bonchev–Trinajstić information content (AvgIpc) is 2.80. The van der Waals surface area contributed by atoms with Crippen LogP contribution in [0, 0.1) is 11.3 Å². The van der Waals surface area contributed by atoms with Gasteiger partial charge >= 0.3 is 0 Å². The van der Waals surface area contributed by atoms with Gasteiger partial charge in [-0.2, -0.15) is 9.57 Å². The molecular weight excluding hydrogens is 428 g/mol. The van der Waals surface area contributed by atoms with E-state index in [1.54, 1.807) is 17.0 Å². The molecule has 1 aliphatic heterocycles. The van der Waals surface area contributed by atoms with Crippen molar-refractivity contribution in [2.75, 3.05) is 38.6 Å². The molecule has 170 valence electrons. The number of rotatable bonds is 9. The van der Waals surface area contributed by atoms with Crippen molar-refractivity contribution in [2.24, 2.45) is 0 Å². The molecule has 1 N–H and O–H groups in total. The highest BCUT2D eigenvalue weighted by molar-refractivity contribution is 7.89. The third-order valence-corrected chi connectivity index (χ3v) is 7.21. The van der Waals surface area contributed by atoms with Crippen molar-refractivity contribution in [1.82, 2.24) is 9.21 Å². The molecule has 0 atom stereocenters. The zero-order valence-electron chi connectivity index (χ0n) is 18.2. The van der Waals surface area contributed by atoms with Crippen LogP contribution in [0.1, 0.15) is 24.8 Å². The van der Waals surface area contributed by atoms with Gasteiger partial charge in [-0.1, -0.05) is 36.8 Å². The average molecular weight is 457 g/mol. The lowest BCUT2D eigenvalue weighted by Crippen LogP contribution is -2.36. The second-order valence-electron chi connectivity index (χ2n) is 7.67. The molecule has 0 aliphatic carbocycles. The summed E-state index contributed by atoms with van der Waals surface area (Å²) in [5, 5.41) is 11.9. The van der Waals surface area contributed by atoms with Crippen molar-refractivity contribution < 1.29 is 17.9 Å². The molecule has 2 aromatic carbocycles. The molecule has 0 bridgehead atoms. The van der Waals surface area contributed by atoms with Gasteiger partial charge in [0.1, 0.15) is 10.6 Å². The maximum Gasteiger partial charge on any atom is 0.246 e. The van der Waals surface area contributed by atoms with Crippen LogP contribution in [-0.4, -0.2) is 56.8 Å². The summed E-state index contributed by atoms with van der Waals surface area (Å²) in [6.07, 6.45) is 2.67. The van der Waals surface area contributed by atoms with Crippen molar-refractivity contribution in [2.45, 2.75) is 30.7 Å². The largest absolute Gasteiger partial charge is 0.495 e. The number of sulfonamides is 1. The summed E-state index contributed by atoms with van der Waals surface area (Å²) >= 11 is 0. The van der Waals surface area contributed by atoms with Crippen LogP contribution in [0.4, 0.5) is 5.69 Å². The fraction of sp³-hybridized carbons (Fsp3) is 0.391. The van der Waals surface area contributed by atoms with Crippen molar-refractivity contribution in [3.8, 4) is 11.8 Å². The topological polar surface area (TPSA) is 103 Å². The number of ether oxygens (including phenoxy) is 1. The minimum atomic E-state index is -3.73. The summed E-state index contributed by atoms with van der Waals surface area (Å²) in [4.78, 5) is 14.4. The van der Waals surface area contributed by atoms with Gasteiger partial charge in [-0.25, -0.2) is 8.42 Å². The third kappa shape index (κ3) is 6.07.